The van der Waals surface area contributed by atoms with Gasteiger partial charge in [-0.05, 0) is 36.4 Å². The van der Waals surface area contributed by atoms with E-state index >= 15 is 0 Å². The van der Waals surface area contributed by atoms with E-state index in [-0.39, 0.29) is 5.12 Å². The molecule has 4 nitrogen and oxygen atoms in total. The summed E-state index contributed by atoms with van der Waals surface area (Å²) in [5, 5.41) is 0.377. The van der Waals surface area contributed by atoms with Crippen LogP contribution >= 0.6 is 11.8 Å². The molecule has 0 fully saturated rings. The topological polar surface area (TPSA) is 52.6 Å². The lowest BCUT2D eigenvalue weighted by Gasteiger charge is -2.08. The highest BCUT2D eigenvalue weighted by molar-refractivity contribution is 8.16. The molecule has 0 aromatic heterocycles. The second kappa shape index (κ2) is 6.17. The van der Waals surface area contributed by atoms with Gasteiger partial charge in [-0.25, -0.2) is 4.79 Å². The number of carbonyl (C=O) groups excluding carboxylic acids is 2. The molecule has 16 heavy (non-hydrogen) atoms. The Hall–Kier alpha value is -1.49. The Kier molecular flexibility index (Phi) is 4.85. The van der Waals surface area contributed by atoms with E-state index in [1.54, 1.807) is 19.1 Å². The van der Waals surface area contributed by atoms with Crippen LogP contribution in [0.5, 0.6) is 0 Å². The number of rotatable bonds is 3. The molecule has 0 aromatic rings. The van der Waals surface area contributed by atoms with Crippen molar-refractivity contribution in [2.45, 2.75) is 13.8 Å². The maximum absolute atomic E-state index is 11.2. The SMILES string of the molecule is CCOC(=O)/C=C1/C=COC(SC(C)=O)=C1. The van der Waals surface area contributed by atoms with Crippen LogP contribution in [0.4, 0.5) is 0 Å². The van der Waals surface area contributed by atoms with Crippen molar-refractivity contribution in [2.24, 2.45) is 0 Å². The molecule has 1 heterocycles. The summed E-state index contributed by atoms with van der Waals surface area (Å²) < 4.78 is 9.86. The highest BCUT2D eigenvalue weighted by atomic mass is 32.2. The number of allylic oxidation sites excluding steroid dienone is 3. The molecule has 0 saturated heterocycles. The lowest BCUT2D eigenvalue weighted by Crippen LogP contribution is -2.01. The van der Waals surface area contributed by atoms with Crippen molar-refractivity contribution in [1.82, 2.24) is 0 Å². The molecule has 1 aliphatic heterocycles. The number of ether oxygens (including phenoxy) is 2. The molecule has 0 atom stereocenters. The Labute approximate surface area is 98.0 Å². The standard InChI is InChI=1S/C11H12O4S/c1-3-14-10(13)6-9-4-5-15-11(7-9)16-8(2)12/h4-7H,3H2,1-2H3/b9-6-. The molecule has 0 unspecified atom stereocenters. The molecule has 1 rings (SSSR count). The lowest BCUT2D eigenvalue weighted by molar-refractivity contribution is -0.137. The summed E-state index contributed by atoms with van der Waals surface area (Å²) in [7, 11) is 0. The first-order chi connectivity index (χ1) is 7.61. The van der Waals surface area contributed by atoms with Gasteiger partial charge in [0, 0.05) is 13.0 Å². The van der Waals surface area contributed by atoms with Crippen LogP contribution in [0.1, 0.15) is 13.8 Å². The summed E-state index contributed by atoms with van der Waals surface area (Å²) in [6, 6.07) is 0. The molecule has 0 aromatic carbocycles. The van der Waals surface area contributed by atoms with Gasteiger partial charge in [0.2, 0.25) is 0 Å². The molecule has 0 spiro atoms. The molecule has 0 saturated carbocycles. The van der Waals surface area contributed by atoms with E-state index < -0.39 is 5.97 Å². The van der Waals surface area contributed by atoms with Crippen molar-refractivity contribution < 1.29 is 19.1 Å². The third-order valence-electron chi connectivity index (χ3n) is 1.54. The largest absolute Gasteiger partial charge is 0.463 e. The van der Waals surface area contributed by atoms with Crippen LogP contribution in [0.15, 0.2) is 35.2 Å². The van der Waals surface area contributed by atoms with Crippen LogP contribution in [-0.2, 0) is 19.1 Å². The van der Waals surface area contributed by atoms with Gasteiger partial charge in [-0.2, -0.15) is 0 Å². The summed E-state index contributed by atoms with van der Waals surface area (Å²) in [4.78, 5) is 22.0. The van der Waals surface area contributed by atoms with Crippen molar-refractivity contribution in [2.75, 3.05) is 6.61 Å². The summed E-state index contributed by atoms with van der Waals surface area (Å²) in [5.41, 5.74) is 0.647. The Bertz CT molecular complexity index is 379. The molecular weight excluding hydrogens is 228 g/mol. The molecule has 0 bridgehead atoms. The van der Waals surface area contributed by atoms with E-state index in [1.165, 1.54) is 19.3 Å². The average Bonchev–Trinajstić information content (AvgIpc) is 2.17. The molecule has 0 N–H and O–H groups in total. The van der Waals surface area contributed by atoms with Gasteiger partial charge in [0.25, 0.3) is 0 Å². The second-order valence-corrected chi connectivity index (χ2v) is 4.06. The van der Waals surface area contributed by atoms with E-state index in [9.17, 15) is 9.59 Å². The van der Waals surface area contributed by atoms with Crippen molar-refractivity contribution in [3.63, 3.8) is 0 Å². The molecule has 86 valence electrons. The van der Waals surface area contributed by atoms with E-state index in [2.05, 4.69) is 0 Å². The van der Waals surface area contributed by atoms with Crippen LogP contribution in [-0.4, -0.2) is 17.7 Å². The highest BCUT2D eigenvalue weighted by Gasteiger charge is 2.08. The number of thioether (sulfide) groups is 1. The van der Waals surface area contributed by atoms with Gasteiger partial charge < -0.3 is 9.47 Å². The van der Waals surface area contributed by atoms with E-state index in [1.807, 2.05) is 0 Å². The van der Waals surface area contributed by atoms with Crippen molar-refractivity contribution in [3.05, 3.63) is 35.2 Å². The number of hydrogen-bond acceptors (Lipinski definition) is 5. The average molecular weight is 240 g/mol. The van der Waals surface area contributed by atoms with Crippen LogP contribution in [0.25, 0.3) is 0 Å². The summed E-state index contributed by atoms with van der Waals surface area (Å²) in [5.74, 6) is -0.410. The van der Waals surface area contributed by atoms with Gasteiger partial charge in [-0.15, -0.1) is 0 Å². The Morgan fingerprint density at radius 3 is 2.94 bits per heavy atom. The Morgan fingerprint density at radius 2 is 2.31 bits per heavy atom. The monoisotopic (exact) mass is 240 g/mol. The van der Waals surface area contributed by atoms with Gasteiger partial charge in [0.1, 0.15) is 0 Å². The van der Waals surface area contributed by atoms with Gasteiger partial charge in [-0.1, -0.05) is 0 Å². The first kappa shape index (κ1) is 12.6. The summed E-state index contributed by atoms with van der Waals surface area (Å²) in [6.45, 7) is 3.52. The number of carbonyl (C=O) groups is 2. The number of hydrogen-bond donors (Lipinski definition) is 0. The Morgan fingerprint density at radius 1 is 1.56 bits per heavy atom. The first-order valence-electron chi connectivity index (χ1n) is 4.73. The van der Waals surface area contributed by atoms with E-state index in [4.69, 9.17) is 9.47 Å². The lowest BCUT2D eigenvalue weighted by atomic mass is 10.2. The Balaban J connectivity index is 2.70. The smallest absolute Gasteiger partial charge is 0.331 e. The van der Waals surface area contributed by atoms with Gasteiger partial charge >= 0.3 is 5.97 Å². The van der Waals surface area contributed by atoms with Crippen LogP contribution in [0.3, 0.4) is 0 Å². The predicted octanol–water partition coefficient (Wildman–Crippen LogP) is 2.14. The molecule has 0 amide bonds. The highest BCUT2D eigenvalue weighted by Crippen LogP contribution is 2.24. The van der Waals surface area contributed by atoms with Gasteiger partial charge in [-0.3, -0.25) is 4.79 Å². The van der Waals surface area contributed by atoms with Crippen molar-refractivity contribution in [1.29, 1.82) is 0 Å². The maximum atomic E-state index is 11.2. The quantitative estimate of drug-likeness (QED) is 0.559. The molecule has 0 radical (unpaired) electrons. The second-order valence-electron chi connectivity index (χ2n) is 2.87. The zero-order valence-corrected chi connectivity index (χ0v) is 9.87. The fourth-order valence-electron chi connectivity index (χ4n) is 1.00. The third-order valence-corrected chi connectivity index (χ3v) is 2.25. The van der Waals surface area contributed by atoms with Gasteiger partial charge in [0.15, 0.2) is 10.2 Å². The first-order valence-corrected chi connectivity index (χ1v) is 5.55. The molecule has 0 aliphatic carbocycles. The summed E-state index contributed by atoms with van der Waals surface area (Å²) in [6.07, 6.45) is 6.02. The van der Waals surface area contributed by atoms with E-state index in [0.717, 1.165) is 11.8 Å². The minimum Gasteiger partial charge on any atom is -0.463 e. The van der Waals surface area contributed by atoms with E-state index in [0.29, 0.717) is 17.3 Å². The molecule has 1 aliphatic rings. The third kappa shape index (κ3) is 4.35. The van der Waals surface area contributed by atoms with Crippen LogP contribution in [0, 0.1) is 0 Å². The zero-order chi connectivity index (χ0) is 12.0. The fourth-order valence-corrected chi connectivity index (χ4v) is 1.58. The van der Waals surface area contributed by atoms with Crippen molar-refractivity contribution >= 4 is 22.8 Å². The normalized spacial score (nSPS) is 16.6. The molecular formula is C11H12O4S. The number of esters is 1. The zero-order valence-electron chi connectivity index (χ0n) is 9.06. The summed E-state index contributed by atoms with van der Waals surface area (Å²) >= 11 is 0.975. The van der Waals surface area contributed by atoms with Crippen LogP contribution < -0.4 is 0 Å². The maximum Gasteiger partial charge on any atom is 0.331 e. The van der Waals surface area contributed by atoms with Crippen LogP contribution in [0.2, 0.25) is 0 Å². The fraction of sp³-hybridized carbons (Fsp3) is 0.273. The van der Waals surface area contributed by atoms with Gasteiger partial charge in [0.05, 0.1) is 12.9 Å². The van der Waals surface area contributed by atoms with Crippen molar-refractivity contribution in [3.8, 4) is 0 Å². The minimum absolute atomic E-state index is 0.0722. The molecule has 5 heteroatoms. The predicted molar refractivity (Wildman–Crippen MR) is 61.3 cm³/mol. The minimum atomic E-state index is -0.410.